The highest BCUT2D eigenvalue weighted by molar-refractivity contribution is 7.88. The number of amides is 1. The van der Waals surface area contributed by atoms with Crippen LogP contribution in [0.15, 0.2) is 42.5 Å². The summed E-state index contributed by atoms with van der Waals surface area (Å²) in [7, 11) is -0.566. The van der Waals surface area contributed by atoms with E-state index in [4.69, 9.17) is 14.2 Å². The summed E-state index contributed by atoms with van der Waals surface area (Å²) in [6, 6.07) is 11.2. The van der Waals surface area contributed by atoms with Crippen molar-refractivity contribution in [3.05, 3.63) is 59.2 Å². The first-order chi connectivity index (χ1) is 15.7. The predicted octanol–water partition coefficient (Wildman–Crippen LogP) is 1.93. The summed E-state index contributed by atoms with van der Waals surface area (Å²) in [5.74, 6) is 0.0745. The molecule has 0 bridgehead atoms. The van der Waals surface area contributed by atoms with Gasteiger partial charge in [-0.15, -0.1) is 0 Å². The van der Waals surface area contributed by atoms with E-state index in [9.17, 15) is 18.0 Å². The van der Waals surface area contributed by atoms with Crippen LogP contribution < -0.4 is 19.5 Å². The molecular formula is C23H30N2O7S. The third-order valence-electron chi connectivity index (χ3n) is 4.74. The lowest BCUT2D eigenvalue weighted by Gasteiger charge is -2.16. The second-order valence-electron chi connectivity index (χ2n) is 7.28. The maximum atomic E-state index is 12.6. The van der Waals surface area contributed by atoms with Crippen LogP contribution in [0.3, 0.4) is 0 Å². The zero-order valence-electron chi connectivity index (χ0n) is 19.2. The van der Waals surface area contributed by atoms with Crippen molar-refractivity contribution in [3.63, 3.8) is 0 Å². The molecule has 2 aromatic carbocycles. The minimum Gasteiger partial charge on any atom is -0.497 e. The molecule has 0 aliphatic carbocycles. The van der Waals surface area contributed by atoms with Gasteiger partial charge in [0.15, 0.2) is 0 Å². The molecule has 180 valence electrons. The van der Waals surface area contributed by atoms with E-state index in [1.54, 1.807) is 56.5 Å². The molecule has 10 heteroatoms. The average molecular weight is 479 g/mol. The molecule has 9 nitrogen and oxygen atoms in total. The number of esters is 1. The van der Waals surface area contributed by atoms with Gasteiger partial charge in [0, 0.05) is 31.5 Å². The minimum atomic E-state index is -3.61. The molecule has 0 fully saturated rings. The van der Waals surface area contributed by atoms with Gasteiger partial charge in [-0.1, -0.05) is 30.3 Å². The van der Waals surface area contributed by atoms with Crippen molar-refractivity contribution in [2.24, 2.45) is 0 Å². The van der Waals surface area contributed by atoms with Gasteiger partial charge in [0.2, 0.25) is 15.9 Å². The first-order valence-electron chi connectivity index (χ1n) is 10.4. The third-order valence-corrected chi connectivity index (χ3v) is 6.04. The summed E-state index contributed by atoms with van der Waals surface area (Å²) in [6.07, 6.45) is 0.237. The van der Waals surface area contributed by atoms with E-state index in [-0.39, 0.29) is 31.2 Å². The Morgan fingerprint density at radius 3 is 2.24 bits per heavy atom. The number of hydrogen-bond acceptors (Lipinski definition) is 7. The number of rotatable bonds is 12. The summed E-state index contributed by atoms with van der Waals surface area (Å²) in [5, 5.41) is 2.58. The first kappa shape index (κ1) is 26.1. The van der Waals surface area contributed by atoms with Gasteiger partial charge in [-0.05, 0) is 24.1 Å². The molecule has 0 spiro atoms. The summed E-state index contributed by atoms with van der Waals surface area (Å²) in [4.78, 5) is 23.5. The number of hydrogen-bond donors (Lipinski definition) is 2. The van der Waals surface area contributed by atoms with Crippen molar-refractivity contribution in [3.8, 4) is 11.5 Å². The van der Waals surface area contributed by atoms with Gasteiger partial charge in [-0.2, -0.15) is 0 Å². The van der Waals surface area contributed by atoms with E-state index in [0.29, 0.717) is 22.6 Å². The molecule has 0 heterocycles. The number of nitrogens with one attached hydrogen (secondary N) is 2. The zero-order chi connectivity index (χ0) is 24.4. The molecule has 0 radical (unpaired) electrons. The van der Waals surface area contributed by atoms with E-state index in [1.165, 1.54) is 14.0 Å². The standard InChI is InChI=1S/C23H30N2O7S/c1-5-32-23(27)21(25-16(2)26)12-17-6-8-18(9-7-17)15-33(28,29)24-14-19-10-11-20(30-3)13-22(19)31-4/h6-11,13,21,24H,5,12,14-15H2,1-4H3,(H,25,26)/t21-/m0/s1. The molecule has 0 aliphatic heterocycles. The van der Waals surface area contributed by atoms with Gasteiger partial charge in [0.05, 0.1) is 26.6 Å². The summed E-state index contributed by atoms with van der Waals surface area (Å²) in [5.41, 5.74) is 2.03. The van der Waals surface area contributed by atoms with Crippen LogP contribution in [0.2, 0.25) is 0 Å². The smallest absolute Gasteiger partial charge is 0.328 e. The Kier molecular flexibility index (Phi) is 9.68. The molecule has 0 aromatic heterocycles. The molecule has 2 rings (SSSR count). The number of ether oxygens (including phenoxy) is 3. The van der Waals surface area contributed by atoms with Gasteiger partial charge < -0.3 is 19.5 Å². The van der Waals surface area contributed by atoms with E-state index in [1.807, 2.05) is 0 Å². The second kappa shape index (κ2) is 12.2. The van der Waals surface area contributed by atoms with Crippen LogP contribution in [0.25, 0.3) is 0 Å². The van der Waals surface area contributed by atoms with Gasteiger partial charge in [-0.3, -0.25) is 4.79 Å². The monoisotopic (exact) mass is 478 g/mol. The molecule has 0 saturated heterocycles. The topological polar surface area (TPSA) is 120 Å². The van der Waals surface area contributed by atoms with Crippen LogP contribution in [-0.4, -0.2) is 47.2 Å². The number of sulfonamides is 1. The van der Waals surface area contributed by atoms with Gasteiger partial charge >= 0.3 is 5.97 Å². The van der Waals surface area contributed by atoms with Crippen molar-refractivity contribution in [1.82, 2.24) is 10.0 Å². The molecule has 0 aliphatic rings. The fourth-order valence-electron chi connectivity index (χ4n) is 3.14. The Morgan fingerprint density at radius 1 is 1.00 bits per heavy atom. The Morgan fingerprint density at radius 2 is 1.67 bits per heavy atom. The minimum absolute atomic E-state index is 0.0749. The van der Waals surface area contributed by atoms with Crippen molar-refractivity contribution in [2.75, 3.05) is 20.8 Å². The van der Waals surface area contributed by atoms with Gasteiger partial charge in [-0.25, -0.2) is 17.9 Å². The lowest BCUT2D eigenvalue weighted by Crippen LogP contribution is -2.42. The van der Waals surface area contributed by atoms with E-state index in [2.05, 4.69) is 10.0 Å². The summed E-state index contributed by atoms with van der Waals surface area (Å²) < 4.78 is 43.1. The average Bonchev–Trinajstić information content (AvgIpc) is 2.78. The predicted molar refractivity (Wildman–Crippen MR) is 123 cm³/mol. The molecule has 1 amide bonds. The third kappa shape index (κ3) is 8.39. The number of carbonyl (C=O) groups excluding carboxylic acids is 2. The number of methoxy groups -OCH3 is 2. The van der Waals surface area contributed by atoms with Crippen LogP contribution in [0.4, 0.5) is 0 Å². The van der Waals surface area contributed by atoms with Crippen LogP contribution in [0.1, 0.15) is 30.5 Å². The Bertz CT molecular complexity index is 1050. The van der Waals surface area contributed by atoms with E-state index in [0.717, 1.165) is 5.56 Å². The highest BCUT2D eigenvalue weighted by atomic mass is 32.2. The van der Waals surface area contributed by atoms with E-state index < -0.39 is 22.0 Å². The molecule has 1 atom stereocenters. The van der Waals surface area contributed by atoms with E-state index >= 15 is 0 Å². The molecule has 2 N–H and O–H groups in total. The molecule has 33 heavy (non-hydrogen) atoms. The first-order valence-corrected chi connectivity index (χ1v) is 12.0. The highest BCUT2D eigenvalue weighted by Gasteiger charge is 2.21. The van der Waals surface area contributed by atoms with Crippen LogP contribution in [-0.2, 0) is 43.1 Å². The summed E-state index contributed by atoms with van der Waals surface area (Å²) >= 11 is 0. The van der Waals surface area contributed by atoms with Crippen molar-refractivity contribution >= 4 is 21.9 Å². The van der Waals surface area contributed by atoms with Crippen molar-refractivity contribution < 1.29 is 32.2 Å². The SMILES string of the molecule is CCOC(=O)[C@H](Cc1ccc(CS(=O)(=O)NCc2ccc(OC)cc2OC)cc1)NC(C)=O. The Labute approximate surface area is 194 Å². The lowest BCUT2D eigenvalue weighted by molar-refractivity contribution is -0.147. The zero-order valence-corrected chi connectivity index (χ0v) is 20.0. The summed E-state index contributed by atoms with van der Waals surface area (Å²) in [6.45, 7) is 3.30. The second-order valence-corrected chi connectivity index (χ2v) is 9.09. The quantitative estimate of drug-likeness (QED) is 0.447. The largest absolute Gasteiger partial charge is 0.497 e. The van der Waals surface area contributed by atoms with Gasteiger partial charge in [0.1, 0.15) is 17.5 Å². The molecular weight excluding hydrogens is 448 g/mol. The van der Waals surface area contributed by atoms with Gasteiger partial charge in [0.25, 0.3) is 0 Å². The van der Waals surface area contributed by atoms with Crippen LogP contribution in [0, 0.1) is 0 Å². The molecule has 0 saturated carbocycles. The maximum Gasteiger partial charge on any atom is 0.328 e. The normalized spacial score (nSPS) is 12.0. The lowest BCUT2D eigenvalue weighted by atomic mass is 10.0. The Balaban J connectivity index is 2.01. The fourth-order valence-corrected chi connectivity index (χ4v) is 4.25. The fraction of sp³-hybridized carbons (Fsp3) is 0.391. The van der Waals surface area contributed by atoms with Crippen LogP contribution in [0.5, 0.6) is 11.5 Å². The number of benzene rings is 2. The molecule has 2 aromatic rings. The van der Waals surface area contributed by atoms with Crippen molar-refractivity contribution in [1.29, 1.82) is 0 Å². The van der Waals surface area contributed by atoms with Crippen molar-refractivity contribution in [2.45, 2.75) is 38.6 Å². The highest BCUT2D eigenvalue weighted by Crippen LogP contribution is 2.24. The van der Waals surface area contributed by atoms with Crippen LogP contribution >= 0.6 is 0 Å². The Hall–Kier alpha value is -3.11. The number of carbonyl (C=O) groups is 2. The maximum absolute atomic E-state index is 12.6. The molecule has 0 unspecified atom stereocenters.